The predicted molar refractivity (Wildman–Crippen MR) is 66.6 cm³/mol. The van der Waals surface area contributed by atoms with Crippen LogP contribution >= 0.6 is 11.6 Å². The van der Waals surface area contributed by atoms with E-state index in [9.17, 15) is 9.59 Å². The zero-order valence-electron chi connectivity index (χ0n) is 9.63. The van der Waals surface area contributed by atoms with Crippen molar-refractivity contribution < 1.29 is 9.59 Å². The largest absolute Gasteiger partial charge is 0.350 e. The monoisotopic (exact) mass is 254 g/mol. The Bertz CT molecular complexity index is 407. The molecule has 2 amide bonds. The summed E-state index contributed by atoms with van der Waals surface area (Å²) < 4.78 is 0. The van der Waals surface area contributed by atoms with Crippen molar-refractivity contribution >= 4 is 23.4 Å². The molecule has 0 aliphatic carbocycles. The van der Waals surface area contributed by atoms with Crippen molar-refractivity contribution in [2.45, 2.75) is 19.9 Å². The Morgan fingerprint density at radius 2 is 1.88 bits per heavy atom. The van der Waals surface area contributed by atoms with Gasteiger partial charge in [0.1, 0.15) is 0 Å². The molecule has 0 saturated heterocycles. The molecule has 0 unspecified atom stereocenters. The van der Waals surface area contributed by atoms with Crippen LogP contribution in [0, 0.1) is 0 Å². The van der Waals surface area contributed by atoms with Gasteiger partial charge in [-0.2, -0.15) is 0 Å². The van der Waals surface area contributed by atoms with Crippen LogP contribution in [0.25, 0.3) is 0 Å². The average molecular weight is 255 g/mol. The normalized spacial score (nSPS) is 9.76. The topological polar surface area (TPSA) is 58.2 Å². The molecule has 0 aliphatic rings. The van der Waals surface area contributed by atoms with Crippen molar-refractivity contribution in [3.63, 3.8) is 0 Å². The standard InChI is InChI=1S/C12H15ClN2O2/c1-2-11(16)15-8-12(17)14-7-9-5-3-4-6-10(9)13/h3-6H,2,7-8H2,1H3,(H,14,17)(H,15,16). The van der Waals surface area contributed by atoms with E-state index in [4.69, 9.17) is 11.6 Å². The zero-order chi connectivity index (χ0) is 12.7. The first-order valence-corrected chi connectivity index (χ1v) is 5.78. The fourth-order valence-electron chi connectivity index (χ4n) is 1.20. The smallest absolute Gasteiger partial charge is 0.239 e. The van der Waals surface area contributed by atoms with Crippen LogP contribution in [0.4, 0.5) is 0 Å². The van der Waals surface area contributed by atoms with Gasteiger partial charge in [-0.25, -0.2) is 0 Å². The van der Waals surface area contributed by atoms with Crippen molar-refractivity contribution in [1.82, 2.24) is 10.6 Å². The molecule has 0 fully saturated rings. The minimum atomic E-state index is -0.230. The van der Waals surface area contributed by atoms with E-state index in [-0.39, 0.29) is 18.4 Å². The molecule has 0 heterocycles. The Hall–Kier alpha value is -1.55. The lowest BCUT2D eigenvalue weighted by Gasteiger charge is -2.07. The second-order valence-corrected chi connectivity index (χ2v) is 3.91. The van der Waals surface area contributed by atoms with E-state index in [1.54, 1.807) is 13.0 Å². The molecule has 5 heteroatoms. The Morgan fingerprint density at radius 3 is 2.53 bits per heavy atom. The number of hydrogen-bond acceptors (Lipinski definition) is 2. The van der Waals surface area contributed by atoms with Crippen LogP contribution in [-0.2, 0) is 16.1 Å². The Kier molecular flexibility index (Phi) is 5.49. The molecule has 0 atom stereocenters. The van der Waals surface area contributed by atoms with Crippen LogP contribution in [0.5, 0.6) is 0 Å². The van der Waals surface area contributed by atoms with E-state index in [0.29, 0.717) is 18.0 Å². The lowest BCUT2D eigenvalue weighted by molar-refractivity contribution is -0.126. The molecule has 17 heavy (non-hydrogen) atoms. The maximum Gasteiger partial charge on any atom is 0.239 e. The molecule has 1 rings (SSSR count). The third-order valence-corrected chi connectivity index (χ3v) is 2.57. The van der Waals surface area contributed by atoms with Gasteiger partial charge in [0.05, 0.1) is 6.54 Å². The van der Waals surface area contributed by atoms with Gasteiger partial charge in [-0.05, 0) is 11.6 Å². The second kappa shape index (κ2) is 6.91. The number of carbonyl (C=O) groups excluding carboxylic acids is 2. The van der Waals surface area contributed by atoms with Gasteiger partial charge in [-0.1, -0.05) is 36.7 Å². The van der Waals surface area contributed by atoms with E-state index >= 15 is 0 Å². The number of halogens is 1. The number of carbonyl (C=O) groups is 2. The lowest BCUT2D eigenvalue weighted by atomic mass is 10.2. The first-order valence-electron chi connectivity index (χ1n) is 5.40. The van der Waals surface area contributed by atoms with Gasteiger partial charge in [0.25, 0.3) is 0 Å². The molecule has 0 aliphatic heterocycles. The number of hydrogen-bond donors (Lipinski definition) is 2. The minimum absolute atomic E-state index is 0.00285. The van der Waals surface area contributed by atoms with Crippen molar-refractivity contribution in [2.24, 2.45) is 0 Å². The van der Waals surface area contributed by atoms with Crippen molar-refractivity contribution in [3.05, 3.63) is 34.9 Å². The number of benzene rings is 1. The van der Waals surface area contributed by atoms with E-state index in [1.807, 2.05) is 18.2 Å². The molecule has 92 valence electrons. The minimum Gasteiger partial charge on any atom is -0.350 e. The molecule has 0 spiro atoms. The maximum absolute atomic E-state index is 11.4. The van der Waals surface area contributed by atoms with Crippen LogP contribution < -0.4 is 10.6 Å². The number of nitrogens with one attached hydrogen (secondary N) is 2. The lowest BCUT2D eigenvalue weighted by Crippen LogP contribution is -2.36. The summed E-state index contributed by atoms with van der Waals surface area (Å²) in [6, 6.07) is 7.29. The molecule has 1 aromatic rings. The third-order valence-electron chi connectivity index (χ3n) is 2.20. The van der Waals surface area contributed by atoms with E-state index in [1.165, 1.54) is 0 Å². The van der Waals surface area contributed by atoms with Crippen molar-refractivity contribution in [1.29, 1.82) is 0 Å². The molecule has 0 saturated carbocycles. The van der Waals surface area contributed by atoms with Crippen LogP contribution in [0.2, 0.25) is 5.02 Å². The summed E-state index contributed by atoms with van der Waals surface area (Å²) in [4.78, 5) is 22.3. The Labute approximate surface area is 105 Å². The summed E-state index contributed by atoms with van der Waals surface area (Å²) in [7, 11) is 0. The summed E-state index contributed by atoms with van der Waals surface area (Å²) in [5.74, 6) is -0.371. The van der Waals surface area contributed by atoms with Gasteiger partial charge in [0.2, 0.25) is 11.8 Å². The molecular weight excluding hydrogens is 240 g/mol. The van der Waals surface area contributed by atoms with Gasteiger partial charge in [0.15, 0.2) is 0 Å². The van der Waals surface area contributed by atoms with Gasteiger partial charge < -0.3 is 10.6 Å². The van der Waals surface area contributed by atoms with Gasteiger partial charge >= 0.3 is 0 Å². The summed E-state index contributed by atoms with van der Waals surface area (Å²) >= 11 is 5.94. The summed E-state index contributed by atoms with van der Waals surface area (Å²) in [6.07, 6.45) is 0.373. The number of amides is 2. The number of rotatable bonds is 5. The fraction of sp³-hybridized carbons (Fsp3) is 0.333. The molecule has 1 aromatic carbocycles. The fourth-order valence-corrected chi connectivity index (χ4v) is 1.40. The molecular formula is C12H15ClN2O2. The Balaban J connectivity index is 2.34. The second-order valence-electron chi connectivity index (χ2n) is 3.50. The SMILES string of the molecule is CCC(=O)NCC(=O)NCc1ccccc1Cl. The van der Waals surface area contributed by atoms with Crippen molar-refractivity contribution in [3.8, 4) is 0 Å². The quantitative estimate of drug-likeness (QED) is 0.836. The molecule has 2 N–H and O–H groups in total. The van der Waals surface area contributed by atoms with Crippen LogP contribution in [0.3, 0.4) is 0 Å². The van der Waals surface area contributed by atoms with Crippen LogP contribution in [0.1, 0.15) is 18.9 Å². The highest BCUT2D eigenvalue weighted by atomic mass is 35.5. The van der Waals surface area contributed by atoms with Crippen LogP contribution in [-0.4, -0.2) is 18.4 Å². The van der Waals surface area contributed by atoms with E-state index < -0.39 is 0 Å². The van der Waals surface area contributed by atoms with Gasteiger partial charge in [-0.3, -0.25) is 9.59 Å². The van der Waals surface area contributed by atoms with E-state index in [0.717, 1.165) is 5.56 Å². The third kappa shape index (κ3) is 4.87. The Morgan fingerprint density at radius 1 is 1.18 bits per heavy atom. The van der Waals surface area contributed by atoms with E-state index in [2.05, 4.69) is 10.6 Å². The highest BCUT2D eigenvalue weighted by Crippen LogP contribution is 2.13. The average Bonchev–Trinajstić information content (AvgIpc) is 2.35. The van der Waals surface area contributed by atoms with Crippen LogP contribution in [0.15, 0.2) is 24.3 Å². The summed E-state index contributed by atoms with van der Waals surface area (Å²) in [6.45, 7) is 2.09. The van der Waals surface area contributed by atoms with Gasteiger partial charge in [0, 0.05) is 18.0 Å². The zero-order valence-corrected chi connectivity index (χ0v) is 10.4. The summed E-state index contributed by atoms with van der Waals surface area (Å²) in [5, 5.41) is 5.80. The molecule has 4 nitrogen and oxygen atoms in total. The van der Waals surface area contributed by atoms with Crippen molar-refractivity contribution in [2.75, 3.05) is 6.54 Å². The summed E-state index contributed by atoms with van der Waals surface area (Å²) in [5.41, 5.74) is 0.851. The van der Waals surface area contributed by atoms with Gasteiger partial charge in [-0.15, -0.1) is 0 Å². The molecule has 0 bridgehead atoms. The first-order chi connectivity index (χ1) is 8.13. The maximum atomic E-state index is 11.4. The predicted octanol–water partition coefficient (Wildman–Crippen LogP) is 1.48. The first kappa shape index (κ1) is 13.5. The highest BCUT2D eigenvalue weighted by molar-refractivity contribution is 6.31. The molecule has 0 aromatic heterocycles. The highest BCUT2D eigenvalue weighted by Gasteiger charge is 2.04. The molecule has 0 radical (unpaired) electrons.